The van der Waals surface area contributed by atoms with Crippen LogP contribution in [-0.2, 0) is 11.2 Å². The molecule has 0 aromatic heterocycles. The van der Waals surface area contributed by atoms with E-state index >= 15 is 0 Å². The Kier molecular flexibility index (Phi) is 5.30. The van der Waals surface area contributed by atoms with Crippen LogP contribution in [0.4, 0.5) is 17.1 Å². The molecule has 0 saturated carbocycles. The molecule has 120 valence electrons. The molecule has 6 nitrogen and oxygen atoms in total. The highest BCUT2D eigenvalue weighted by molar-refractivity contribution is 5.93. The largest absolute Gasteiger partial charge is 0.376 e. The van der Waals surface area contributed by atoms with E-state index in [2.05, 4.69) is 17.6 Å². The number of nitrogens with zero attached hydrogens (tertiary/aromatic N) is 1. The lowest BCUT2D eigenvalue weighted by Crippen LogP contribution is -2.22. The number of carbonyl (C=O) groups excluding carboxylic acids is 1. The number of hydrogen-bond acceptors (Lipinski definition) is 4. The first-order chi connectivity index (χ1) is 11.0. The van der Waals surface area contributed by atoms with Crippen molar-refractivity contribution in [3.05, 3.63) is 63.7 Å². The molecule has 0 aliphatic heterocycles. The lowest BCUT2D eigenvalue weighted by atomic mass is 10.1. The van der Waals surface area contributed by atoms with Gasteiger partial charge in [-0.3, -0.25) is 14.9 Å². The molecule has 23 heavy (non-hydrogen) atoms. The molecule has 2 rings (SSSR count). The monoisotopic (exact) mass is 313 g/mol. The highest BCUT2D eigenvalue weighted by Crippen LogP contribution is 2.24. The zero-order chi connectivity index (χ0) is 16.8. The topological polar surface area (TPSA) is 84.3 Å². The number of nitro groups is 1. The van der Waals surface area contributed by atoms with Crippen molar-refractivity contribution < 1.29 is 9.72 Å². The number of nitro benzene ring substituents is 1. The maximum atomic E-state index is 12.0. The van der Waals surface area contributed by atoms with Crippen LogP contribution in [0.25, 0.3) is 0 Å². The van der Waals surface area contributed by atoms with Gasteiger partial charge >= 0.3 is 0 Å². The predicted octanol–water partition coefficient (Wildman–Crippen LogP) is 3.52. The minimum absolute atomic E-state index is 0.0329. The number of rotatable bonds is 6. The quantitative estimate of drug-likeness (QED) is 0.631. The summed E-state index contributed by atoms with van der Waals surface area (Å²) in [5.74, 6) is -0.208. The normalized spacial score (nSPS) is 10.2. The number of hydrogen-bond donors (Lipinski definition) is 2. The van der Waals surface area contributed by atoms with E-state index in [9.17, 15) is 14.9 Å². The van der Waals surface area contributed by atoms with E-state index in [4.69, 9.17) is 0 Å². The Morgan fingerprint density at radius 3 is 2.48 bits per heavy atom. The van der Waals surface area contributed by atoms with Gasteiger partial charge in [0.25, 0.3) is 5.69 Å². The van der Waals surface area contributed by atoms with Crippen LogP contribution in [0, 0.1) is 17.0 Å². The summed E-state index contributed by atoms with van der Waals surface area (Å²) >= 11 is 0. The van der Waals surface area contributed by atoms with Crippen molar-refractivity contribution in [1.29, 1.82) is 0 Å². The first-order valence-corrected chi connectivity index (χ1v) is 7.38. The summed E-state index contributed by atoms with van der Waals surface area (Å²) in [6, 6.07) is 12.4. The van der Waals surface area contributed by atoms with E-state index in [1.54, 1.807) is 19.1 Å². The van der Waals surface area contributed by atoms with Crippen LogP contribution in [0.5, 0.6) is 0 Å². The third kappa shape index (κ3) is 4.29. The first kappa shape index (κ1) is 16.5. The lowest BCUT2D eigenvalue weighted by Gasteiger charge is -2.10. The number of aryl methyl sites for hydroxylation is 1. The van der Waals surface area contributed by atoms with Gasteiger partial charge in [-0.25, -0.2) is 0 Å². The van der Waals surface area contributed by atoms with Crippen molar-refractivity contribution in [2.45, 2.75) is 20.3 Å². The molecule has 2 N–H and O–H groups in total. The van der Waals surface area contributed by atoms with E-state index < -0.39 is 4.92 Å². The Morgan fingerprint density at radius 1 is 1.17 bits per heavy atom. The molecular formula is C17H19N3O3. The molecule has 0 bridgehead atoms. The SMILES string of the molecule is CCc1ccc(NC(=O)CNc2cccc([N+](=O)[O-])c2C)cc1. The van der Waals surface area contributed by atoms with E-state index in [1.807, 2.05) is 24.3 Å². The zero-order valence-electron chi connectivity index (χ0n) is 13.1. The van der Waals surface area contributed by atoms with E-state index in [-0.39, 0.29) is 18.1 Å². The second kappa shape index (κ2) is 7.40. The van der Waals surface area contributed by atoms with E-state index in [0.717, 1.165) is 12.1 Å². The smallest absolute Gasteiger partial charge is 0.274 e. The van der Waals surface area contributed by atoms with E-state index in [0.29, 0.717) is 11.3 Å². The van der Waals surface area contributed by atoms with Gasteiger partial charge in [-0.2, -0.15) is 0 Å². The van der Waals surface area contributed by atoms with Crippen molar-refractivity contribution in [2.24, 2.45) is 0 Å². The van der Waals surface area contributed by atoms with Crippen molar-refractivity contribution in [3.63, 3.8) is 0 Å². The number of nitrogens with one attached hydrogen (secondary N) is 2. The summed E-state index contributed by atoms with van der Waals surface area (Å²) in [7, 11) is 0. The highest BCUT2D eigenvalue weighted by Gasteiger charge is 2.13. The molecule has 2 aromatic carbocycles. The average molecular weight is 313 g/mol. The lowest BCUT2D eigenvalue weighted by molar-refractivity contribution is -0.385. The van der Waals surface area contributed by atoms with Crippen LogP contribution in [0.2, 0.25) is 0 Å². The molecule has 0 spiro atoms. The van der Waals surface area contributed by atoms with Gasteiger partial charge in [0.15, 0.2) is 0 Å². The Balaban J connectivity index is 1.96. The molecule has 0 atom stereocenters. The number of benzene rings is 2. The summed E-state index contributed by atoms with van der Waals surface area (Å²) in [6.07, 6.45) is 0.946. The van der Waals surface area contributed by atoms with Crippen LogP contribution < -0.4 is 10.6 Å². The van der Waals surface area contributed by atoms with Gasteiger partial charge in [-0.15, -0.1) is 0 Å². The fourth-order valence-corrected chi connectivity index (χ4v) is 2.22. The van der Waals surface area contributed by atoms with Crippen LogP contribution in [0.15, 0.2) is 42.5 Å². The van der Waals surface area contributed by atoms with Crippen LogP contribution >= 0.6 is 0 Å². The number of carbonyl (C=O) groups is 1. The van der Waals surface area contributed by atoms with Crippen LogP contribution in [0.1, 0.15) is 18.1 Å². The molecule has 0 unspecified atom stereocenters. The third-order valence-electron chi connectivity index (χ3n) is 3.59. The Morgan fingerprint density at radius 2 is 1.87 bits per heavy atom. The summed E-state index contributed by atoms with van der Waals surface area (Å²) < 4.78 is 0. The second-order valence-corrected chi connectivity index (χ2v) is 5.16. The zero-order valence-corrected chi connectivity index (χ0v) is 13.1. The summed E-state index contributed by atoms with van der Waals surface area (Å²) in [5, 5.41) is 16.6. The first-order valence-electron chi connectivity index (χ1n) is 7.38. The maximum Gasteiger partial charge on any atom is 0.274 e. The minimum Gasteiger partial charge on any atom is -0.376 e. The Bertz CT molecular complexity index is 712. The van der Waals surface area contributed by atoms with Gasteiger partial charge in [0, 0.05) is 23.0 Å². The maximum absolute atomic E-state index is 12.0. The Labute approximate surface area is 134 Å². The summed E-state index contributed by atoms with van der Waals surface area (Å²) in [5.41, 5.74) is 3.05. The van der Waals surface area contributed by atoms with Crippen LogP contribution in [0.3, 0.4) is 0 Å². The molecule has 0 aliphatic rings. The number of anilines is 2. The number of amides is 1. The Hall–Kier alpha value is -2.89. The second-order valence-electron chi connectivity index (χ2n) is 5.16. The van der Waals surface area contributed by atoms with Gasteiger partial charge in [-0.1, -0.05) is 25.1 Å². The molecule has 0 heterocycles. The standard InChI is InChI=1S/C17H19N3O3/c1-3-13-7-9-14(10-8-13)19-17(21)11-18-15-5-4-6-16(12(15)2)20(22)23/h4-10,18H,3,11H2,1-2H3,(H,19,21). The van der Waals surface area contributed by atoms with Gasteiger partial charge in [0.05, 0.1) is 11.5 Å². The van der Waals surface area contributed by atoms with Crippen molar-refractivity contribution in [1.82, 2.24) is 0 Å². The van der Waals surface area contributed by atoms with Gasteiger partial charge < -0.3 is 10.6 Å². The summed E-state index contributed by atoms with van der Waals surface area (Å²) in [4.78, 5) is 22.4. The molecular weight excluding hydrogens is 294 g/mol. The predicted molar refractivity (Wildman–Crippen MR) is 90.8 cm³/mol. The average Bonchev–Trinajstić information content (AvgIpc) is 2.54. The molecule has 0 radical (unpaired) electrons. The molecule has 6 heteroatoms. The molecule has 1 amide bonds. The van der Waals surface area contributed by atoms with E-state index in [1.165, 1.54) is 11.6 Å². The van der Waals surface area contributed by atoms with Crippen molar-refractivity contribution >= 4 is 23.0 Å². The molecule has 0 fully saturated rings. The molecule has 0 aliphatic carbocycles. The highest BCUT2D eigenvalue weighted by atomic mass is 16.6. The third-order valence-corrected chi connectivity index (χ3v) is 3.59. The van der Waals surface area contributed by atoms with Crippen molar-refractivity contribution in [3.8, 4) is 0 Å². The van der Waals surface area contributed by atoms with Gasteiger partial charge in [-0.05, 0) is 37.1 Å². The fourth-order valence-electron chi connectivity index (χ4n) is 2.22. The molecule has 0 saturated heterocycles. The van der Waals surface area contributed by atoms with Crippen LogP contribution in [-0.4, -0.2) is 17.4 Å². The molecule has 2 aromatic rings. The minimum atomic E-state index is -0.435. The van der Waals surface area contributed by atoms with Gasteiger partial charge in [0.1, 0.15) is 0 Å². The van der Waals surface area contributed by atoms with Crippen molar-refractivity contribution in [2.75, 3.05) is 17.2 Å². The summed E-state index contributed by atoms with van der Waals surface area (Å²) in [6.45, 7) is 3.76. The van der Waals surface area contributed by atoms with Gasteiger partial charge in [0.2, 0.25) is 5.91 Å². The fraction of sp³-hybridized carbons (Fsp3) is 0.235.